The fourth-order valence-electron chi connectivity index (χ4n) is 7.09. The van der Waals surface area contributed by atoms with Gasteiger partial charge in [-0.15, -0.1) is 0 Å². The molecule has 1 aromatic rings. The molecular weight excluding hydrogens is 374 g/mol. The van der Waals surface area contributed by atoms with E-state index >= 15 is 0 Å². The molecule has 1 aromatic carbocycles. The zero-order chi connectivity index (χ0) is 19.9. The Balaban J connectivity index is 1.61. The highest BCUT2D eigenvalue weighted by atomic mass is 16.8. The number of hydrogen-bond acceptors (Lipinski definition) is 7. The van der Waals surface area contributed by atoms with Crippen LogP contribution < -0.4 is 9.47 Å². The Kier molecular flexibility index (Phi) is 3.85. The maximum absolute atomic E-state index is 6.78. The fourth-order valence-corrected chi connectivity index (χ4v) is 7.09. The first-order valence-electron chi connectivity index (χ1n) is 10.6. The molecule has 7 heteroatoms. The van der Waals surface area contributed by atoms with E-state index in [1.165, 1.54) is 11.1 Å². The summed E-state index contributed by atoms with van der Waals surface area (Å²) in [6, 6.07) is 4.51. The molecule has 3 heterocycles. The third-order valence-corrected chi connectivity index (χ3v) is 8.15. The highest BCUT2D eigenvalue weighted by molar-refractivity contribution is 5.63. The molecule has 2 spiro atoms. The van der Waals surface area contributed by atoms with Crippen molar-refractivity contribution < 1.29 is 28.4 Å². The molecule has 0 N–H and O–H groups in total. The van der Waals surface area contributed by atoms with E-state index in [-0.39, 0.29) is 23.9 Å². The summed E-state index contributed by atoms with van der Waals surface area (Å²) in [7, 11) is 5.72. The number of benzene rings is 1. The normalized spacial score (nSPS) is 38.7. The Bertz CT molecular complexity index is 839. The van der Waals surface area contributed by atoms with Gasteiger partial charge in [-0.25, -0.2) is 0 Å². The number of piperidine rings is 1. The number of likely N-dealkylation sites (N-methyl/N-ethyl adjacent to an activating group) is 1. The van der Waals surface area contributed by atoms with Crippen molar-refractivity contribution >= 4 is 0 Å². The third-order valence-electron chi connectivity index (χ3n) is 8.15. The van der Waals surface area contributed by atoms with E-state index < -0.39 is 5.79 Å². The number of ether oxygens (including phenoxy) is 6. The van der Waals surface area contributed by atoms with Crippen molar-refractivity contribution in [1.82, 2.24) is 4.90 Å². The van der Waals surface area contributed by atoms with Gasteiger partial charge in [0.05, 0.1) is 24.2 Å². The van der Waals surface area contributed by atoms with Crippen LogP contribution in [0.5, 0.6) is 11.5 Å². The van der Waals surface area contributed by atoms with Crippen molar-refractivity contribution in [3.63, 3.8) is 0 Å². The Hall–Kier alpha value is -1.38. The van der Waals surface area contributed by atoms with Crippen LogP contribution in [-0.4, -0.2) is 76.3 Å². The minimum Gasteiger partial charge on any atom is -0.479 e. The van der Waals surface area contributed by atoms with Crippen LogP contribution in [0.3, 0.4) is 0 Å². The van der Waals surface area contributed by atoms with Crippen LogP contribution in [0, 0.1) is 0 Å². The maximum Gasteiger partial charge on any atom is 0.207 e. The van der Waals surface area contributed by atoms with E-state index in [4.69, 9.17) is 28.4 Å². The molecule has 0 radical (unpaired) electrons. The average Bonchev–Trinajstić information content (AvgIpc) is 3.35. The van der Waals surface area contributed by atoms with E-state index in [9.17, 15) is 0 Å². The van der Waals surface area contributed by atoms with Gasteiger partial charge in [0.2, 0.25) is 5.79 Å². The van der Waals surface area contributed by atoms with Crippen molar-refractivity contribution in [3.8, 4) is 11.5 Å². The monoisotopic (exact) mass is 403 g/mol. The van der Waals surface area contributed by atoms with Crippen LogP contribution in [0.2, 0.25) is 0 Å². The summed E-state index contributed by atoms with van der Waals surface area (Å²) < 4.78 is 36.9. The fraction of sp³-hybridized carbons (Fsp3) is 0.727. The smallest absolute Gasteiger partial charge is 0.207 e. The topological polar surface area (TPSA) is 58.6 Å². The third kappa shape index (κ3) is 2.01. The molecule has 158 valence electrons. The van der Waals surface area contributed by atoms with E-state index in [2.05, 4.69) is 18.0 Å². The van der Waals surface area contributed by atoms with Crippen LogP contribution in [0.1, 0.15) is 30.4 Å². The second-order valence-corrected chi connectivity index (χ2v) is 9.00. The summed E-state index contributed by atoms with van der Waals surface area (Å²) in [5.74, 6) is 0.841. The molecule has 4 unspecified atom stereocenters. The molecule has 0 aromatic heterocycles. The van der Waals surface area contributed by atoms with Crippen LogP contribution in [0.4, 0.5) is 0 Å². The lowest BCUT2D eigenvalue weighted by atomic mass is 9.48. The van der Waals surface area contributed by atoms with E-state index in [0.29, 0.717) is 19.3 Å². The molecule has 2 aliphatic carbocycles. The molecular formula is C22H29NO6. The van der Waals surface area contributed by atoms with Crippen molar-refractivity contribution in [2.45, 2.75) is 54.6 Å². The summed E-state index contributed by atoms with van der Waals surface area (Å²) in [5.41, 5.74) is 1.94. The van der Waals surface area contributed by atoms with E-state index in [1.807, 2.05) is 13.2 Å². The number of hydrogen-bond donors (Lipinski definition) is 0. The summed E-state index contributed by atoms with van der Waals surface area (Å²) in [6.07, 6.45) is 3.31. The van der Waals surface area contributed by atoms with Gasteiger partial charge >= 0.3 is 0 Å². The molecule has 3 aliphatic heterocycles. The van der Waals surface area contributed by atoms with Crippen molar-refractivity contribution in [2.75, 3.05) is 47.8 Å². The summed E-state index contributed by atoms with van der Waals surface area (Å²) >= 11 is 0. The SMILES string of the molecule is COCOc1ccc2c3c1OC1C4(CCC5(OC)C(C2)N(C)CCC315)OCCO4. The molecule has 0 amide bonds. The summed E-state index contributed by atoms with van der Waals surface area (Å²) in [5, 5.41) is 0. The van der Waals surface area contributed by atoms with Gasteiger partial charge in [0.1, 0.15) is 0 Å². The minimum absolute atomic E-state index is 0.186. The Morgan fingerprint density at radius 3 is 2.72 bits per heavy atom. The van der Waals surface area contributed by atoms with Crippen molar-refractivity contribution in [1.29, 1.82) is 0 Å². The first-order chi connectivity index (χ1) is 14.1. The number of likely N-dealkylation sites (tertiary alicyclic amines) is 1. The number of rotatable bonds is 4. The molecule has 7 nitrogen and oxygen atoms in total. The molecule has 2 bridgehead atoms. The second-order valence-electron chi connectivity index (χ2n) is 9.00. The predicted molar refractivity (Wildman–Crippen MR) is 103 cm³/mol. The molecule has 3 fully saturated rings. The molecule has 6 rings (SSSR count). The van der Waals surface area contributed by atoms with Gasteiger partial charge in [0.25, 0.3) is 0 Å². The highest BCUT2D eigenvalue weighted by Gasteiger charge is 2.77. The van der Waals surface area contributed by atoms with E-state index in [0.717, 1.165) is 43.7 Å². The standard InChI is InChI=1S/C22H29NO6/c1-23-9-8-20-17-14-4-5-15(26-13-24-2)18(17)29-19(20)22(27-10-11-28-22)7-6-21(20,25-3)16(23)12-14/h4-5,16,19H,6-13H2,1-3H3. The maximum atomic E-state index is 6.78. The van der Waals surface area contributed by atoms with Crippen molar-refractivity contribution in [3.05, 3.63) is 23.3 Å². The van der Waals surface area contributed by atoms with Gasteiger partial charge < -0.3 is 33.3 Å². The lowest BCUT2D eigenvalue weighted by molar-refractivity contribution is -0.300. The first kappa shape index (κ1) is 18.4. The largest absolute Gasteiger partial charge is 0.479 e. The van der Waals surface area contributed by atoms with Crippen LogP contribution >= 0.6 is 0 Å². The van der Waals surface area contributed by atoms with Crippen LogP contribution in [0.25, 0.3) is 0 Å². The first-order valence-corrected chi connectivity index (χ1v) is 10.6. The predicted octanol–water partition coefficient (Wildman–Crippen LogP) is 1.85. The molecule has 5 aliphatic rings. The average molecular weight is 403 g/mol. The zero-order valence-electron chi connectivity index (χ0n) is 17.4. The lowest BCUT2D eigenvalue weighted by Gasteiger charge is -2.66. The zero-order valence-corrected chi connectivity index (χ0v) is 17.4. The number of fused-ring (bicyclic) bond motifs is 1. The quantitative estimate of drug-likeness (QED) is 0.711. The summed E-state index contributed by atoms with van der Waals surface area (Å²) in [6.45, 7) is 2.39. The van der Waals surface area contributed by atoms with Gasteiger partial charge in [-0.3, -0.25) is 0 Å². The van der Waals surface area contributed by atoms with Crippen molar-refractivity contribution in [2.24, 2.45) is 0 Å². The van der Waals surface area contributed by atoms with E-state index in [1.54, 1.807) is 7.11 Å². The van der Waals surface area contributed by atoms with Gasteiger partial charge in [-0.05, 0) is 44.5 Å². The van der Waals surface area contributed by atoms with Crippen LogP contribution in [-0.2, 0) is 30.8 Å². The number of nitrogens with zero attached hydrogens (tertiary/aromatic N) is 1. The minimum atomic E-state index is -0.714. The Morgan fingerprint density at radius 1 is 1.14 bits per heavy atom. The lowest BCUT2D eigenvalue weighted by Crippen LogP contribution is -2.79. The van der Waals surface area contributed by atoms with Gasteiger partial charge in [0, 0.05) is 32.2 Å². The van der Waals surface area contributed by atoms with Gasteiger partial charge in [0.15, 0.2) is 24.4 Å². The molecule has 1 saturated carbocycles. The molecule has 4 atom stereocenters. The van der Waals surface area contributed by atoms with Gasteiger partial charge in [-0.2, -0.15) is 0 Å². The number of methoxy groups -OCH3 is 2. The second kappa shape index (κ2) is 6.08. The summed E-state index contributed by atoms with van der Waals surface area (Å²) in [4.78, 5) is 2.47. The highest BCUT2D eigenvalue weighted by Crippen LogP contribution is 2.68. The Labute approximate surface area is 171 Å². The van der Waals surface area contributed by atoms with Gasteiger partial charge in [-0.1, -0.05) is 6.07 Å². The van der Waals surface area contributed by atoms with Crippen LogP contribution in [0.15, 0.2) is 12.1 Å². The Morgan fingerprint density at radius 2 is 1.97 bits per heavy atom. The molecule has 29 heavy (non-hydrogen) atoms. The molecule has 2 saturated heterocycles.